The van der Waals surface area contributed by atoms with E-state index in [1.54, 1.807) is 6.07 Å². The Morgan fingerprint density at radius 3 is 2.55 bits per heavy atom. The van der Waals surface area contributed by atoms with Crippen molar-refractivity contribution in [3.8, 4) is 5.88 Å². The first-order chi connectivity index (χ1) is 10.2. The molecule has 2 rings (SSSR count). The van der Waals surface area contributed by atoms with Crippen molar-refractivity contribution >= 4 is 17.4 Å². The van der Waals surface area contributed by atoms with Gasteiger partial charge in [-0.1, -0.05) is 18.2 Å². The van der Waals surface area contributed by atoms with Gasteiger partial charge in [-0.2, -0.15) is 0 Å². The molecule has 12 heteroatoms. The monoisotopic (exact) mass is 350 g/mol. The van der Waals surface area contributed by atoms with Gasteiger partial charge in [-0.15, -0.1) is 0 Å². The summed E-state index contributed by atoms with van der Waals surface area (Å²) in [6, 6.07) is 7.05. The van der Waals surface area contributed by atoms with Crippen molar-refractivity contribution in [3.63, 3.8) is 0 Å². The van der Waals surface area contributed by atoms with Gasteiger partial charge in [0.15, 0.2) is 0 Å². The topological polar surface area (TPSA) is 154 Å². The minimum absolute atomic E-state index is 0.178. The molecule has 10 nitrogen and oxygen atoms in total. The van der Waals surface area contributed by atoms with Crippen molar-refractivity contribution in [3.05, 3.63) is 35.5 Å². The highest BCUT2D eigenvalue weighted by Crippen LogP contribution is 2.34. The number of ether oxygens (including phenoxy) is 1. The van der Waals surface area contributed by atoms with Gasteiger partial charge in [0.25, 0.3) is 9.84 Å². The van der Waals surface area contributed by atoms with Crippen LogP contribution in [0.5, 0.6) is 5.88 Å². The highest BCUT2D eigenvalue weighted by Gasteiger charge is 2.35. The van der Waals surface area contributed by atoms with Crippen LogP contribution >= 0.6 is 7.60 Å². The normalized spacial score (nSPS) is 12.3. The average molecular weight is 350 g/mol. The molecule has 2 aromatic rings. The van der Waals surface area contributed by atoms with Gasteiger partial charge in [-0.25, -0.2) is 8.42 Å². The fraction of sp³-hybridized carbons (Fsp3) is 0.200. The summed E-state index contributed by atoms with van der Waals surface area (Å²) in [7, 11) is -8.58. The quantitative estimate of drug-likeness (QED) is 0.527. The van der Waals surface area contributed by atoms with Gasteiger partial charge < -0.3 is 19.7 Å². The minimum Gasteiger partial charge on any atom is -0.454 e. The van der Waals surface area contributed by atoms with E-state index in [0.717, 1.165) is 0 Å². The zero-order valence-corrected chi connectivity index (χ0v) is 12.6. The smallest absolute Gasteiger partial charge is 0.414 e. The number of aromatic nitrogens is 2. The van der Waals surface area contributed by atoms with Crippen molar-refractivity contribution in [1.29, 1.82) is 0 Å². The summed E-state index contributed by atoms with van der Waals surface area (Å²) in [5, 5.41) is 13.8. The van der Waals surface area contributed by atoms with E-state index in [9.17, 15) is 18.2 Å². The molecule has 120 valence electrons. The Morgan fingerprint density at radius 1 is 1.32 bits per heavy atom. The van der Waals surface area contributed by atoms with Crippen LogP contribution in [0.15, 0.2) is 44.9 Å². The number of benzene rings is 1. The van der Waals surface area contributed by atoms with Gasteiger partial charge in [-0.05, 0) is 17.0 Å². The number of nitrogens with zero attached hydrogens (tertiary/aromatic N) is 2. The van der Waals surface area contributed by atoms with Crippen molar-refractivity contribution < 1.29 is 37.0 Å². The van der Waals surface area contributed by atoms with E-state index in [-0.39, 0.29) is 9.80 Å². The van der Waals surface area contributed by atoms with Gasteiger partial charge in [0.2, 0.25) is 0 Å². The zero-order valence-electron chi connectivity index (χ0n) is 10.9. The molecule has 1 aromatic carbocycles. The maximum absolute atomic E-state index is 12.3. The maximum atomic E-state index is 12.3. The lowest BCUT2D eigenvalue weighted by atomic mass is 10.4. The molecule has 22 heavy (non-hydrogen) atoms. The van der Waals surface area contributed by atoms with Gasteiger partial charge in [0, 0.05) is 0 Å². The molecule has 0 atom stereocenters. The van der Waals surface area contributed by atoms with Crippen LogP contribution in [-0.2, 0) is 14.4 Å². The van der Waals surface area contributed by atoms with Crippen LogP contribution < -0.4 is 9.64 Å². The van der Waals surface area contributed by atoms with Crippen LogP contribution in [0, 0.1) is 5.21 Å². The van der Waals surface area contributed by atoms with Crippen molar-refractivity contribution in [2.24, 2.45) is 0 Å². The van der Waals surface area contributed by atoms with Gasteiger partial charge >= 0.3 is 18.5 Å². The lowest BCUT2D eigenvalue weighted by Crippen LogP contribution is -2.31. The summed E-state index contributed by atoms with van der Waals surface area (Å²) in [5.74, 6) is -0.660. The highest BCUT2D eigenvalue weighted by molar-refractivity contribution is 7.91. The summed E-state index contributed by atoms with van der Waals surface area (Å²) in [5.41, 5.74) is 0. The lowest BCUT2D eigenvalue weighted by Gasteiger charge is -2.04. The number of rotatable bonds is 6. The molecule has 0 radical (unpaired) electrons. The second-order valence-corrected chi connectivity index (χ2v) is 7.74. The summed E-state index contributed by atoms with van der Waals surface area (Å²) in [4.78, 5) is 16.9. The van der Waals surface area contributed by atoms with Crippen LogP contribution in [0.2, 0.25) is 0 Å². The number of hydrogen-bond acceptors (Lipinski definition) is 7. The van der Waals surface area contributed by atoms with Crippen LogP contribution in [-0.4, -0.2) is 36.1 Å². The average Bonchev–Trinajstić information content (AvgIpc) is 2.80. The molecule has 2 N–H and O–H groups in total. The summed E-state index contributed by atoms with van der Waals surface area (Å²) in [6.45, 7) is -0.534. The van der Waals surface area contributed by atoms with E-state index in [4.69, 9.17) is 14.5 Å². The van der Waals surface area contributed by atoms with E-state index in [1.165, 1.54) is 24.3 Å². The number of hydrogen-bond donors (Lipinski definition) is 2. The second-order valence-electron chi connectivity index (χ2n) is 4.09. The van der Waals surface area contributed by atoms with E-state index >= 15 is 0 Å². The first kappa shape index (κ1) is 16.4. The Bertz CT molecular complexity index is 798. The molecule has 0 fully saturated rings. The summed E-state index contributed by atoms with van der Waals surface area (Å²) >= 11 is 0. The molecule has 0 unspecified atom stereocenters. The Hall–Kier alpha value is -1.94. The first-order valence-corrected chi connectivity index (χ1v) is 9.07. The number of sulfone groups is 1. The van der Waals surface area contributed by atoms with Crippen molar-refractivity contribution in [1.82, 2.24) is 5.16 Å². The van der Waals surface area contributed by atoms with Crippen LogP contribution in [0.3, 0.4) is 0 Å². The minimum atomic E-state index is -4.33. The molecule has 0 amide bonds. The summed E-state index contributed by atoms with van der Waals surface area (Å²) < 4.78 is 44.4. The highest BCUT2D eigenvalue weighted by atomic mass is 32.2. The van der Waals surface area contributed by atoms with E-state index in [1.807, 2.05) is 0 Å². The molecule has 0 saturated carbocycles. The molecular formula is C10H11N2O8PS. The molecule has 0 spiro atoms. The third-order valence-corrected chi connectivity index (χ3v) is 4.97. The second kappa shape index (κ2) is 6.05. The van der Waals surface area contributed by atoms with E-state index in [0.29, 0.717) is 0 Å². The van der Waals surface area contributed by atoms with E-state index < -0.39 is 41.1 Å². The van der Waals surface area contributed by atoms with Gasteiger partial charge in [-0.3, -0.25) is 9.19 Å². The Labute approximate surface area is 124 Å². The standard InChI is InChI=1S/C10H11N2O8PS/c13-12-10(22(17,18)8-4-2-1-3-5-8)9(11-20-12)19-6-7-21(14,15)16/h1-5H,6-7H2,(H2,14,15,16). The molecule has 1 heterocycles. The van der Waals surface area contributed by atoms with Crippen molar-refractivity contribution in [2.75, 3.05) is 12.8 Å². The van der Waals surface area contributed by atoms with Gasteiger partial charge in [0.1, 0.15) is 6.61 Å². The fourth-order valence-electron chi connectivity index (χ4n) is 1.50. The van der Waals surface area contributed by atoms with Gasteiger partial charge in [0.05, 0.1) is 16.2 Å². The Kier molecular flexibility index (Phi) is 4.52. The van der Waals surface area contributed by atoms with Crippen molar-refractivity contribution in [2.45, 2.75) is 9.92 Å². The Balaban J connectivity index is 2.32. The lowest BCUT2D eigenvalue weighted by molar-refractivity contribution is -0.832. The molecule has 0 aliphatic carbocycles. The molecular weight excluding hydrogens is 339 g/mol. The predicted molar refractivity (Wildman–Crippen MR) is 69.8 cm³/mol. The third-order valence-electron chi connectivity index (χ3n) is 2.48. The Morgan fingerprint density at radius 2 is 1.95 bits per heavy atom. The third kappa shape index (κ3) is 3.63. The predicted octanol–water partition coefficient (Wildman–Crippen LogP) is -0.303. The molecule has 0 aliphatic heterocycles. The largest absolute Gasteiger partial charge is 0.454 e. The maximum Gasteiger partial charge on any atom is 0.414 e. The fourth-order valence-corrected chi connectivity index (χ4v) is 3.13. The van der Waals surface area contributed by atoms with Crippen LogP contribution in [0.1, 0.15) is 0 Å². The SMILES string of the molecule is O=P(O)(O)CCOc1no[n+]([O-])c1S(=O)(=O)c1ccccc1. The van der Waals surface area contributed by atoms with Crippen LogP contribution in [0.25, 0.3) is 0 Å². The molecule has 0 saturated heterocycles. The summed E-state index contributed by atoms with van der Waals surface area (Å²) in [6.07, 6.45) is -0.663. The molecule has 1 aromatic heterocycles. The molecule has 0 bridgehead atoms. The van der Waals surface area contributed by atoms with Crippen LogP contribution in [0.4, 0.5) is 0 Å². The molecule has 0 aliphatic rings. The van der Waals surface area contributed by atoms with E-state index in [2.05, 4.69) is 9.79 Å². The first-order valence-electron chi connectivity index (χ1n) is 5.79. The zero-order chi connectivity index (χ0) is 16.4.